The molecule has 1 unspecified atom stereocenters. The molecule has 0 aliphatic carbocycles. The van der Waals surface area contributed by atoms with Gasteiger partial charge in [-0.2, -0.15) is 5.10 Å². The fourth-order valence-electron chi connectivity index (χ4n) is 2.03. The maximum absolute atomic E-state index is 12.0. The minimum Gasteiger partial charge on any atom is -0.348 e. The average molecular weight is 292 g/mol. The van der Waals surface area contributed by atoms with Gasteiger partial charge in [0, 0.05) is 6.20 Å². The van der Waals surface area contributed by atoms with Crippen molar-refractivity contribution in [3.8, 4) is 0 Å². The van der Waals surface area contributed by atoms with Gasteiger partial charge in [-0.05, 0) is 18.9 Å². The molecule has 1 heterocycles. The predicted molar refractivity (Wildman–Crippen MR) is 79.6 cm³/mol. The molecule has 106 valence electrons. The Balaban J connectivity index is 1.99. The van der Waals surface area contributed by atoms with Gasteiger partial charge in [0.25, 0.3) is 0 Å². The molecule has 5 heteroatoms. The minimum absolute atomic E-state index is 0.0223. The van der Waals surface area contributed by atoms with Gasteiger partial charge in [-0.15, -0.1) is 0 Å². The monoisotopic (exact) mass is 291 g/mol. The summed E-state index contributed by atoms with van der Waals surface area (Å²) in [6, 6.07) is 8.23. The summed E-state index contributed by atoms with van der Waals surface area (Å²) in [6.07, 6.45) is 3.99. The molecule has 2 aromatic rings. The number of benzene rings is 1. The molecule has 0 saturated heterocycles. The van der Waals surface area contributed by atoms with Crippen LogP contribution in [0.5, 0.6) is 0 Å². The summed E-state index contributed by atoms with van der Waals surface area (Å²) in [5, 5.41) is 7.55. The maximum atomic E-state index is 12.0. The van der Waals surface area contributed by atoms with Gasteiger partial charge in [0.2, 0.25) is 5.91 Å². The molecule has 1 atom stereocenters. The lowest BCUT2D eigenvalue weighted by molar-refractivity contribution is -0.122. The SMILES string of the molecule is CCC(NC(=O)Cn1cc(Cl)cn1)c1ccc(C)cc1. The van der Waals surface area contributed by atoms with Gasteiger partial charge < -0.3 is 5.32 Å². The Morgan fingerprint density at radius 2 is 2.10 bits per heavy atom. The van der Waals surface area contributed by atoms with Gasteiger partial charge in [-0.3, -0.25) is 9.48 Å². The van der Waals surface area contributed by atoms with Crippen molar-refractivity contribution >= 4 is 17.5 Å². The Bertz CT molecular complexity index is 577. The lowest BCUT2D eigenvalue weighted by Gasteiger charge is -2.17. The van der Waals surface area contributed by atoms with E-state index in [0.29, 0.717) is 5.02 Å². The highest BCUT2D eigenvalue weighted by molar-refractivity contribution is 6.30. The zero-order valence-corrected chi connectivity index (χ0v) is 12.4. The molecule has 0 saturated carbocycles. The van der Waals surface area contributed by atoms with E-state index in [1.807, 2.05) is 6.92 Å². The Kier molecular flexibility index (Phi) is 4.79. The summed E-state index contributed by atoms with van der Waals surface area (Å²) in [5.74, 6) is -0.0720. The van der Waals surface area contributed by atoms with Crippen LogP contribution in [0.1, 0.15) is 30.5 Å². The first-order valence-corrected chi connectivity index (χ1v) is 7.00. The van der Waals surface area contributed by atoms with E-state index in [9.17, 15) is 4.79 Å². The molecule has 1 amide bonds. The van der Waals surface area contributed by atoms with Crippen molar-refractivity contribution in [1.82, 2.24) is 15.1 Å². The minimum atomic E-state index is -0.0720. The van der Waals surface area contributed by atoms with E-state index in [1.54, 1.807) is 6.20 Å². The molecule has 1 N–H and O–H groups in total. The van der Waals surface area contributed by atoms with Gasteiger partial charge in [0.05, 0.1) is 17.3 Å². The fourth-order valence-corrected chi connectivity index (χ4v) is 2.19. The first-order chi connectivity index (χ1) is 9.58. The third-order valence-corrected chi connectivity index (χ3v) is 3.33. The van der Waals surface area contributed by atoms with Crippen LogP contribution in [0.2, 0.25) is 5.02 Å². The van der Waals surface area contributed by atoms with E-state index in [-0.39, 0.29) is 18.5 Å². The number of hydrogen-bond donors (Lipinski definition) is 1. The molecule has 1 aromatic carbocycles. The highest BCUT2D eigenvalue weighted by Gasteiger charge is 2.13. The maximum Gasteiger partial charge on any atom is 0.242 e. The quantitative estimate of drug-likeness (QED) is 0.920. The number of carbonyl (C=O) groups is 1. The van der Waals surface area contributed by atoms with Gasteiger partial charge in [0.1, 0.15) is 6.54 Å². The lowest BCUT2D eigenvalue weighted by atomic mass is 10.0. The number of aromatic nitrogens is 2. The molecule has 0 aliphatic rings. The number of amides is 1. The zero-order valence-electron chi connectivity index (χ0n) is 11.6. The highest BCUT2D eigenvalue weighted by Crippen LogP contribution is 2.17. The Morgan fingerprint density at radius 3 is 2.65 bits per heavy atom. The third-order valence-electron chi connectivity index (χ3n) is 3.13. The summed E-state index contributed by atoms with van der Waals surface area (Å²) in [6.45, 7) is 4.27. The number of aryl methyl sites for hydroxylation is 1. The summed E-state index contributed by atoms with van der Waals surface area (Å²) in [7, 11) is 0. The van der Waals surface area contributed by atoms with E-state index in [0.717, 1.165) is 12.0 Å². The molecule has 0 fully saturated rings. The van der Waals surface area contributed by atoms with Crippen LogP contribution in [0, 0.1) is 6.92 Å². The Morgan fingerprint density at radius 1 is 1.40 bits per heavy atom. The standard InChI is InChI=1S/C15H18ClN3O/c1-3-14(12-6-4-11(2)5-7-12)18-15(20)10-19-9-13(16)8-17-19/h4-9,14H,3,10H2,1-2H3,(H,18,20). The van der Waals surface area contributed by atoms with Crippen LogP contribution in [0.25, 0.3) is 0 Å². The number of rotatable bonds is 5. The van der Waals surface area contributed by atoms with Crippen LogP contribution >= 0.6 is 11.6 Å². The van der Waals surface area contributed by atoms with Crippen LogP contribution < -0.4 is 5.32 Å². The number of nitrogens with one attached hydrogen (secondary N) is 1. The Hall–Kier alpha value is -1.81. The second kappa shape index (κ2) is 6.57. The molecular weight excluding hydrogens is 274 g/mol. The van der Waals surface area contributed by atoms with Crippen molar-refractivity contribution in [2.24, 2.45) is 0 Å². The second-order valence-electron chi connectivity index (χ2n) is 4.80. The van der Waals surface area contributed by atoms with Crippen LogP contribution in [0.4, 0.5) is 0 Å². The van der Waals surface area contributed by atoms with Crippen molar-refractivity contribution < 1.29 is 4.79 Å². The van der Waals surface area contributed by atoms with Gasteiger partial charge in [0.15, 0.2) is 0 Å². The van der Waals surface area contributed by atoms with E-state index in [2.05, 4.69) is 41.6 Å². The first-order valence-electron chi connectivity index (χ1n) is 6.62. The molecule has 2 rings (SSSR count). The van der Waals surface area contributed by atoms with Crippen LogP contribution in [0.15, 0.2) is 36.7 Å². The van der Waals surface area contributed by atoms with Crippen LogP contribution in [-0.2, 0) is 11.3 Å². The molecular formula is C15H18ClN3O. The van der Waals surface area contributed by atoms with Crippen molar-refractivity contribution in [2.75, 3.05) is 0 Å². The van der Waals surface area contributed by atoms with Crippen molar-refractivity contribution in [3.05, 3.63) is 52.8 Å². The smallest absolute Gasteiger partial charge is 0.242 e. The number of halogens is 1. The molecule has 0 spiro atoms. The zero-order chi connectivity index (χ0) is 14.5. The topological polar surface area (TPSA) is 46.9 Å². The predicted octanol–water partition coefficient (Wildman–Crippen LogP) is 3.11. The summed E-state index contributed by atoms with van der Waals surface area (Å²) in [5.41, 5.74) is 2.33. The van der Waals surface area contributed by atoms with Gasteiger partial charge in [-0.25, -0.2) is 0 Å². The van der Waals surface area contributed by atoms with Crippen molar-refractivity contribution in [1.29, 1.82) is 0 Å². The molecule has 0 radical (unpaired) electrons. The van der Waals surface area contributed by atoms with E-state index < -0.39 is 0 Å². The van der Waals surface area contributed by atoms with Crippen LogP contribution in [-0.4, -0.2) is 15.7 Å². The van der Waals surface area contributed by atoms with E-state index in [4.69, 9.17) is 11.6 Å². The lowest BCUT2D eigenvalue weighted by Crippen LogP contribution is -2.31. The van der Waals surface area contributed by atoms with Crippen LogP contribution in [0.3, 0.4) is 0 Å². The van der Waals surface area contributed by atoms with Gasteiger partial charge in [-0.1, -0.05) is 48.4 Å². The molecule has 20 heavy (non-hydrogen) atoms. The second-order valence-corrected chi connectivity index (χ2v) is 5.23. The molecule has 1 aromatic heterocycles. The average Bonchev–Trinajstić information content (AvgIpc) is 2.82. The largest absolute Gasteiger partial charge is 0.348 e. The van der Waals surface area contributed by atoms with Gasteiger partial charge >= 0.3 is 0 Å². The summed E-state index contributed by atoms with van der Waals surface area (Å²) < 4.78 is 1.53. The van der Waals surface area contributed by atoms with Crippen molar-refractivity contribution in [3.63, 3.8) is 0 Å². The van der Waals surface area contributed by atoms with E-state index in [1.165, 1.54) is 16.4 Å². The summed E-state index contributed by atoms with van der Waals surface area (Å²) in [4.78, 5) is 12.0. The molecule has 4 nitrogen and oxygen atoms in total. The third kappa shape index (κ3) is 3.84. The molecule has 0 bridgehead atoms. The Labute approximate surface area is 123 Å². The number of nitrogens with zero attached hydrogens (tertiary/aromatic N) is 2. The van der Waals surface area contributed by atoms with E-state index >= 15 is 0 Å². The number of hydrogen-bond acceptors (Lipinski definition) is 2. The number of carbonyl (C=O) groups excluding carboxylic acids is 1. The summed E-state index contributed by atoms with van der Waals surface area (Å²) >= 11 is 5.77. The molecule has 0 aliphatic heterocycles. The fraction of sp³-hybridized carbons (Fsp3) is 0.333. The normalized spacial score (nSPS) is 12.2. The van der Waals surface area contributed by atoms with Crippen molar-refractivity contribution in [2.45, 2.75) is 32.9 Å². The first kappa shape index (κ1) is 14.6. The highest BCUT2D eigenvalue weighted by atomic mass is 35.5.